The molecule has 132 valence electrons. The molecule has 2 fully saturated rings. The molecule has 0 aliphatic carbocycles. The van der Waals surface area contributed by atoms with Gasteiger partial charge in [-0.25, -0.2) is 8.42 Å². The van der Waals surface area contributed by atoms with Crippen LogP contribution in [0.25, 0.3) is 0 Å². The fraction of sp³-hybridized carbons (Fsp3) is 0.562. The van der Waals surface area contributed by atoms with Crippen molar-refractivity contribution >= 4 is 21.6 Å². The Balaban J connectivity index is 1.58. The van der Waals surface area contributed by atoms with Crippen LogP contribution < -0.4 is 5.32 Å². The van der Waals surface area contributed by atoms with Gasteiger partial charge in [0.05, 0.1) is 24.7 Å². The van der Waals surface area contributed by atoms with Gasteiger partial charge in [0, 0.05) is 31.9 Å². The van der Waals surface area contributed by atoms with E-state index in [0.29, 0.717) is 38.5 Å². The molecule has 0 atom stereocenters. The summed E-state index contributed by atoms with van der Waals surface area (Å²) in [6.07, 6.45) is 1.82. The van der Waals surface area contributed by atoms with Gasteiger partial charge >= 0.3 is 0 Å². The summed E-state index contributed by atoms with van der Waals surface area (Å²) in [5, 5.41) is 2.81. The monoisotopic (exact) mass is 353 g/mol. The van der Waals surface area contributed by atoms with E-state index in [1.165, 1.54) is 4.31 Å². The largest absolute Gasteiger partial charge is 0.379 e. The molecule has 1 N–H and O–H groups in total. The van der Waals surface area contributed by atoms with Gasteiger partial charge in [0.1, 0.15) is 0 Å². The predicted octanol–water partition coefficient (Wildman–Crippen LogP) is 0.742. The Labute approximate surface area is 142 Å². The van der Waals surface area contributed by atoms with E-state index in [-0.39, 0.29) is 10.8 Å². The number of carbonyl (C=O) groups excluding carboxylic acids is 1. The van der Waals surface area contributed by atoms with E-state index < -0.39 is 10.0 Å². The number of hydrogen-bond donors (Lipinski definition) is 1. The topological polar surface area (TPSA) is 79.0 Å². The van der Waals surface area contributed by atoms with E-state index in [1.807, 2.05) is 4.90 Å². The van der Waals surface area contributed by atoms with Crippen LogP contribution in [0.1, 0.15) is 12.8 Å². The van der Waals surface area contributed by atoms with Crippen molar-refractivity contribution in [2.75, 3.05) is 51.3 Å². The third-order valence-corrected chi connectivity index (χ3v) is 6.22. The molecule has 1 aromatic rings. The first-order valence-electron chi connectivity index (χ1n) is 8.26. The first kappa shape index (κ1) is 17.3. The molecule has 3 rings (SSSR count). The Morgan fingerprint density at radius 2 is 1.67 bits per heavy atom. The lowest BCUT2D eigenvalue weighted by atomic mass is 10.3. The van der Waals surface area contributed by atoms with Gasteiger partial charge in [-0.2, -0.15) is 4.31 Å². The SMILES string of the molecule is O=C(CN1CCOCC1)Nc1ccc(S(=O)(=O)N2CCCC2)cc1. The summed E-state index contributed by atoms with van der Waals surface area (Å²) in [4.78, 5) is 14.4. The number of nitrogens with one attached hydrogen (secondary N) is 1. The zero-order valence-electron chi connectivity index (χ0n) is 13.6. The van der Waals surface area contributed by atoms with Crippen molar-refractivity contribution < 1.29 is 17.9 Å². The van der Waals surface area contributed by atoms with E-state index in [1.54, 1.807) is 24.3 Å². The molecular weight excluding hydrogens is 330 g/mol. The van der Waals surface area contributed by atoms with Crippen LogP contribution in [0.2, 0.25) is 0 Å². The van der Waals surface area contributed by atoms with Crippen LogP contribution in [0.3, 0.4) is 0 Å². The molecule has 2 heterocycles. The number of anilines is 1. The molecule has 0 unspecified atom stereocenters. The molecule has 0 aromatic heterocycles. The molecule has 24 heavy (non-hydrogen) atoms. The van der Waals surface area contributed by atoms with Gasteiger partial charge in [-0.15, -0.1) is 0 Å². The first-order valence-corrected chi connectivity index (χ1v) is 9.70. The van der Waals surface area contributed by atoms with Crippen molar-refractivity contribution in [2.45, 2.75) is 17.7 Å². The van der Waals surface area contributed by atoms with Crippen molar-refractivity contribution in [1.82, 2.24) is 9.21 Å². The van der Waals surface area contributed by atoms with Crippen molar-refractivity contribution in [2.24, 2.45) is 0 Å². The number of carbonyl (C=O) groups is 1. The second kappa shape index (κ2) is 7.60. The summed E-state index contributed by atoms with van der Waals surface area (Å²) in [5.41, 5.74) is 0.605. The summed E-state index contributed by atoms with van der Waals surface area (Å²) in [7, 11) is -3.41. The van der Waals surface area contributed by atoms with Gasteiger partial charge in [-0.3, -0.25) is 9.69 Å². The molecule has 0 bridgehead atoms. The summed E-state index contributed by atoms with van der Waals surface area (Å²) in [6.45, 7) is 4.28. The third kappa shape index (κ3) is 4.13. The van der Waals surface area contributed by atoms with Crippen molar-refractivity contribution in [3.05, 3.63) is 24.3 Å². The Morgan fingerprint density at radius 3 is 2.29 bits per heavy atom. The van der Waals surface area contributed by atoms with Gasteiger partial charge in [0.2, 0.25) is 15.9 Å². The van der Waals surface area contributed by atoms with Gasteiger partial charge in [-0.05, 0) is 37.1 Å². The minimum absolute atomic E-state index is 0.105. The standard InChI is InChI=1S/C16H23N3O4S/c20-16(13-18-9-11-23-12-10-18)17-14-3-5-15(6-4-14)24(21,22)19-7-1-2-8-19/h3-6H,1-2,7-13H2,(H,17,20). The van der Waals surface area contributed by atoms with Crippen LogP contribution in [0.15, 0.2) is 29.2 Å². The van der Waals surface area contributed by atoms with Crippen LogP contribution >= 0.6 is 0 Å². The lowest BCUT2D eigenvalue weighted by molar-refractivity contribution is -0.118. The smallest absolute Gasteiger partial charge is 0.243 e. The van der Waals surface area contributed by atoms with Crippen LogP contribution in [0, 0.1) is 0 Å². The molecule has 0 saturated carbocycles. The average Bonchev–Trinajstić information content (AvgIpc) is 3.11. The first-order chi connectivity index (χ1) is 11.6. The summed E-state index contributed by atoms with van der Waals surface area (Å²) >= 11 is 0. The maximum Gasteiger partial charge on any atom is 0.243 e. The number of nitrogens with zero attached hydrogens (tertiary/aromatic N) is 2. The molecule has 0 spiro atoms. The molecule has 0 radical (unpaired) electrons. The molecule has 1 amide bonds. The fourth-order valence-corrected chi connectivity index (χ4v) is 4.47. The van der Waals surface area contributed by atoms with Gasteiger partial charge in [0.25, 0.3) is 0 Å². The quantitative estimate of drug-likeness (QED) is 0.845. The van der Waals surface area contributed by atoms with Crippen LogP contribution in [0.5, 0.6) is 0 Å². The second-order valence-corrected chi connectivity index (χ2v) is 8.01. The summed E-state index contributed by atoms with van der Waals surface area (Å²) < 4.78 is 31.7. The van der Waals surface area contributed by atoms with Crippen molar-refractivity contribution in [3.63, 3.8) is 0 Å². The Morgan fingerprint density at radius 1 is 1.04 bits per heavy atom. The number of amides is 1. The molecule has 8 heteroatoms. The number of morpholine rings is 1. The zero-order valence-corrected chi connectivity index (χ0v) is 14.4. The van der Waals surface area contributed by atoms with Crippen LogP contribution in [-0.4, -0.2) is 69.5 Å². The molecular formula is C16H23N3O4S. The average molecular weight is 353 g/mol. The maximum absolute atomic E-state index is 12.5. The molecule has 2 aliphatic rings. The van der Waals surface area contributed by atoms with E-state index in [4.69, 9.17) is 4.74 Å². The summed E-state index contributed by atoms with van der Waals surface area (Å²) in [6, 6.07) is 6.39. The van der Waals surface area contributed by atoms with Gasteiger partial charge in [-0.1, -0.05) is 0 Å². The molecule has 2 aliphatic heterocycles. The van der Waals surface area contributed by atoms with E-state index in [0.717, 1.165) is 25.9 Å². The maximum atomic E-state index is 12.5. The number of sulfonamides is 1. The molecule has 7 nitrogen and oxygen atoms in total. The fourth-order valence-electron chi connectivity index (χ4n) is 2.95. The lowest BCUT2D eigenvalue weighted by Gasteiger charge is -2.25. The number of hydrogen-bond acceptors (Lipinski definition) is 5. The highest BCUT2D eigenvalue weighted by atomic mass is 32.2. The normalized spacial score (nSPS) is 20.2. The van der Waals surface area contributed by atoms with Crippen LogP contribution in [-0.2, 0) is 19.6 Å². The van der Waals surface area contributed by atoms with E-state index >= 15 is 0 Å². The van der Waals surface area contributed by atoms with Gasteiger partial charge < -0.3 is 10.1 Å². The Bertz CT molecular complexity index is 663. The third-order valence-electron chi connectivity index (χ3n) is 4.31. The highest BCUT2D eigenvalue weighted by Gasteiger charge is 2.27. The number of ether oxygens (including phenoxy) is 1. The van der Waals surface area contributed by atoms with E-state index in [2.05, 4.69) is 5.32 Å². The minimum atomic E-state index is -3.41. The minimum Gasteiger partial charge on any atom is -0.379 e. The molecule has 2 saturated heterocycles. The van der Waals surface area contributed by atoms with Crippen LogP contribution in [0.4, 0.5) is 5.69 Å². The zero-order chi connectivity index (χ0) is 17.0. The van der Waals surface area contributed by atoms with Crippen molar-refractivity contribution in [3.8, 4) is 0 Å². The number of benzene rings is 1. The Kier molecular flexibility index (Phi) is 5.50. The highest BCUT2D eigenvalue weighted by molar-refractivity contribution is 7.89. The van der Waals surface area contributed by atoms with Gasteiger partial charge in [0.15, 0.2) is 0 Å². The Hall–Kier alpha value is -1.48. The second-order valence-electron chi connectivity index (χ2n) is 6.07. The van der Waals surface area contributed by atoms with E-state index in [9.17, 15) is 13.2 Å². The molecule has 1 aromatic carbocycles. The lowest BCUT2D eigenvalue weighted by Crippen LogP contribution is -2.41. The highest BCUT2D eigenvalue weighted by Crippen LogP contribution is 2.22. The summed E-state index contributed by atoms with van der Waals surface area (Å²) in [5.74, 6) is -0.105. The predicted molar refractivity (Wildman–Crippen MR) is 90.3 cm³/mol. The van der Waals surface area contributed by atoms with Crippen molar-refractivity contribution in [1.29, 1.82) is 0 Å². The number of rotatable bonds is 5.